The van der Waals surface area contributed by atoms with Crippen LogP contribution in [0.1, 0.15) is 61.9 Å². The van der Waals surface area contributed by atoms with Crippen molar-refractivity contribution in [2.24, 2.45) is 17.1 Å². The van der Waals surface area contributed by atoms with Gasteiger partial charge in [-0.1, -0.05) is 19.6 Å². The van der Waals surface area contributed by atoms with Gasteiger partial charge in [0.1, 0.15) is 6.73 Å². The fraction of sp³-hybridized carbons (Fsp3) is 0.677. The fourth-order valence-electron chi connectivity index (χ4n) is 7.08. The van der Waals surface area contributed by atoms with Crippen molar-refractivity contribution in [3.05, 3.63) is 29.8 Å². The number of alkyl halides is 3. The summed E-state index contributed by atoms with van der Waals surface area (Å²) in [5.74, 6) is -1.78. The Balaban J connectivity index is 1.38. The first-order valence-electron chi connectivity index (χ1n) is 15.7. The minimum Gasteiger partial charge on any atom is -0.481 e. The molecular weight excluding hydrogens is 626 g/mol. The molecule has 2 saturated carbocycles. The number of carbonyl (C=O) groups excluding carboxylic acids is 2. The molecule has 3 N–H and O–H groups in total. The van der Waals surface area contributed by atoms with Crippen molar-refractivity contribution >= 4 is 19.9 Å². The summed E-state index contributed by atoms with van der Waals surface area (Å²) in [6.45, 7) is 7.42. The van der Waals surface area contributed by atoms with Gasteiger partial charge in [0.25, 0.3) is 5.91 Å². The lowest BCUT2D eigenvalue weighted by atomic mass is 9.58. The summed E-state index contributed by atoms with van der Waals surface area (Å²) in [6.07, 6.45) is -3.17. The molecule has 3 fully saturated rings. The van der Waals surface area contributed by atoms with Gasteiger partial charge in [-0.2, -0.15) is 18.3 Å². The van der Waals surface area contributed by atoms with Gasteiger partial charge in [0.15, 0.2) is 17.1 Å². The number of rotatable bonds is 10. The normalized spacial score (nSPS) is 26.3. The topological polar surface area (TPSA) is 133 Å². The maximum atomic E-state index is 15.0. The Morgan fingerprint density at radius 2 is 1.80 bits per heavy atom. The maximum absolute atomic E-state index is 15.0. The lowest BCUT2D eigenvalue weighted by Crippen LogP contribution is -2.58. The number of aromatic nitrogens is 3. The number of pyridine rings is 1. The van der Waals surface area contributed by atoms with Gasteiger partial charge in [-0.3, -0.25) is 9.59 Å². The summed E-state index contributed by atoms with van der Waals surface area (Å²) in [5.41, 5.74) is 1.81. The van der Waals surface area contributed by atoms with Crippen molar-refractivity contribution in [3.63, 3.8) is 0 Å². The van der Waals surface area contributed by atoms with Crippen LogP contribution in [0, 0.1) is 17.2 Å². The molecule has 3 heterocycles. The quantitative estimate of drug-likeness (QED) is 0.204. The first kappa shape index (κ1) is 34.3. The SMILES string of the molecule is COc1cc(-c2cc(C(=O)N3CCC(C4(C(N)=O)CCC(O)(C(F)(F)F)CC4)CC34CC4)nn2COCC[Si](C)(C)C)c(F)cn1. The molecule has 10 nitrogen and oxygen atoms in total. The number of nitrogens with zero attached hydrogens (tertiary/aromatic N) is 4. The number of piperidine rings is 1. The summed E-state index contributed by atoms with van der Waals surface area (Å²) in [7, 11) is 0.0405. The number of amides is 2. The Morgan fingerprint density at radius 3 is 2.37 bits per heavy atom. The van der Waals surface area contributed by atoms with E-state index in [1.807, 2.05) is 0 Å². The van der Waals surface area contributed by atoms with Crippen LogP contribution in [-0.4, -0.2) is 82.2 Å². The fourth-order valence-corrected chi connectivity index (χ4v) is 7.84. The summed E-state index contributed by atoms with van der Waals surface area (Å²) >= 11 is 0. The molecule has 2 aliphatic carbocycles. The van der Waals surface area contributed by atoms with E-state index in [1.54, 1.807) is 4.90 Å². The molecule has 0 bridgehead atoms. The molecule has 2 aromatic rings. The van der Waals surface area contributed by atoms with Crippen molar-refractivity contribution < 1.29 is 41.7 Å². The molecule has 1 unspecified atom stereocenters. The van der Waals surface area contributed by atoms with Gasteiger partial charge in [-0.05, 0) is 69.4 Å². The molecule has 2 aromatic heterocycles. The van der Waals surface area contributed by atoms with Crippen molar-refractivity contribution in [1.82, 2.24) is 19.7 Å². The van der Waals surface area contributed by atoms with E-state index in [0.29, 0.717) is 38.0 Å². The van der Waals surface area contributed by atoms with E-state index in [4.69, 9.17) is 15.2 Å². The number of primary amides is 1. The Kier molecular flexibility index (Phi) is 9.10. The number of halogens is 4. The zero-order chi connectivity index (χ0) is 33.7. The summed E-state index contributed by atoms with van der Waals surface area (Å²) in [4.78, 5) is 32.5. The summed E-state index contributed by atoms with van der Waals surface area (Å²) in [5, 5.41) is 14.8. The van der Waals surface area contributed by atoms with Crippen molar-refractivity contribution in [2.45, 2.75) is 101 Å². The minimum absolute atomic E-state index is 0.00417. The molecule has 1 aliphatic heterocycles. The molecule has 1 atom stereocenters. The van der Waals surface area contributed by atoms with Crippen LogP contribution in [0.4, 0.5) is 17.6 Å². The zero-order valence-electron chi connectivity index (χ0n) is 26.8. The Hall–Kier alpha value is -3.04. The van der Waals surface area contributed by atoms with Gasteiger partial charge in [0, 0.05) is 38.4 Å². The van der Waals surface area contributed by atoms with E-state index < -0.39 is 55.4 Å². The maximum Gasteiger partial charge on any atom is 0.417 e. The van der Waals surface area contributed by atoms with Crippen molar-refractivity contribution in [3.8, 4) is 17.1 Å². The van der Waals surface area contributed by atoms with E-state index in [9.17, 15) is 27.9 Å². The third kappa shape index (κ3) is 6.54. The highest BCUT2D eigenvalue weighted by atomic mass is 28.3. The number of likely N-dealkylation sites (tertiary alicyclic amines) is 1. The van der Waals surface area contributed by atoms with Crippen LogP contribution in [0.2, 0.25) is 25.7 Å². The molecule has 2 amide bonds. The van der Waals surface area contributed by atoms with Crippen LogP contribution in [0.15, 0.2) is 18.3 Å². The molecule has 0 radical (unpaired) electrons. The average molecular weight is 670 g/mol. The number of nitrogens with two attached hydrogens (primary N) is 1. The Bertz CT molecular complexity index is 1460. The number of aliphatic hydroxyl groups is 1. The molecular formula is C31H43F4N5O5Si. The Morgan fingerprint density at radius 1 is 1.13 bits per heavy atom. The number of methoxy groups -OCH3 is 1. The van der Waals surface area contributed by atoms with E-state index in [2.05, 4.69) is 29.7 Å². The third-order valence-corrected chi connectivity index (χ3v) is 12.0. The smallest absolute Gasteiger partial charge is 0.417 e. The van der Waals surface area contributed by atoms with E-state index in [-0.39, 0.29) is 55.1 Å². The molecule has 46 heavy (non-hydrogen) atoms. The van der Waals surface area contributed by atoms with Gasteiger partial charge in [0.05, 0.1) is 24.4 Å². The standard InChI is InChI=1S/C31H43F4N5O5Si/c1-44-25-15-21(22(32)18-37-25)24-16-23(38-40(24)19-45-13-14-46(2,3)4)26(41)39-12-5-20(17-28(39)6-7-28)29(27(36)42)8-10-30(43,11-9-29)31(33,34)35/h15-16,18,20,43H,5-14,17,19H2,1-4H3,(H2,36,42). The average Bonchev–Trinajstić information content (AvgIpc) is 3.61. The molecule has 3 aliphatic rings. The van der Waals surface area contributed by atoms with Gasteiger partial charge < -0.3 is 25.2 Å². The van der Waals surface area contributed by atoms with Gasteiger partial charge >= 0.3 is 6.18 Å². The lowest BCUT2D eigenvalue weighted by Gasteiger charge is -2.51. The molecule has 0 aromatic carbocycles. The largest absolute Gasteiger partial charge is 0.481 e. The predicted molar refractivity (Wildman–Crippen MR) is 163 cm³/mol. The number of hydrogen-bond acceptors (Lipinski definition) is 7. The van der Waals surface area contributed by atoms with E-state index in [1.165, 1.54) is 23.9 Å². The minimum atomic E-state index is -4.80. The molecule has 1 spiro atoms. The van der Waals surface area contributed by atoms with E-state index >= 15 is 4.39 Å². The highest BCUT2D eigenvalue weighted by molar-refractivity contribution is 6.76. The molecule has 254 valence electrons. The van der Waals surface area contributed by atoms with Crippen LogP contribution in [0.3, 0.4) is 0 Å². The monoisotopic (exact) mass is 669 g/mol. The second kappa shape index (κ2) is 12.2. The summed E-state index contributed by atoms with van der Waals surface area (Å²) < 4.78 is 68.2. The van der Waals surface area contributed by atoms with Crippen LogP contribution in [0.25, 0.3) is 11.3 Å². The summed E-state index contributed by atoms with van der Waals surface area (Å²) in [6, 6.07) is 3.86. The molecule has 1 saturated heterocycles. The highest BCUT2D eigenvalue weighted by Gasteiger charge is 2.63. The first-order valence-corrected chi connectivity index (χ1v) is 19.4. The van der Waals surface area contributed by atoms with Gasteiger partial charge in [0.2, 0.25) is 11.8 Å². The van der Waals surface area contributed by atoms with Crippen LogP contribution < -0.4 is 10.5 Å². The highest BCUT2D eigenvalue weighted by Crippen LogP contribution is 2.58. The van der Waals surface area contributed by atoms with Crippen molar-refractivity contribution in [2.75, 3.05) is 20.3 Å². The van der Waals surface area contributed by atoms with E-state index in [0.717, 1.165) is 12.2 Å². The second-order valence-electron chi connectivity index (χ2n) is 14.4. The molecule has 5 rings (SSSR count). The zero-order valence-corrected chi connectivity index (χ0v) is 27.8. The third-order valence-electron chi connectivity index (χ3n) is 10.3. The number of ether oxygens (including phenoxy) is 2. The lowest BCUT2D eigenvalue weighted by molar-refractivity contribution is -0.276. The predicted octanol–water partition coefficient (Wildman–Crippen LogP) is 5.13. The number of hydrogen-bond donors (Lipinski definition) is 2. The second-order valence-corrected chi connectivity index (χ2v) is 20.0. The first-order chi connectivity index (χ1) is 21.4. The van der Waals surface area contributed by atoms with Crippen molar-refractivity contribution in [1.29, 1.82) is 0 Å². The molecule has 15 heteroatoms. The van der Waals surface area contributed by atoms with Crippen LogP contribution >= 0.6 is 0 Å². The number of carbonyl (C=O) groups is 2. The van der Waals surface area contributed by atoms with Crippen LogP contribution in [-0.2, 0) is 16.3 Å². The van der Waals surface area contributed by atoms with Crippen LogP contribution in [0.5, 0.6) is 5.88 Å². The van der Waals surface area contributed by atoms with Gasteiger partial charge in [-0.15, -0.1) is 0 Å². The Labute approximate surface area is 266 Å². The van der Waals surface area contributed by atoms with Gasteiger partial charge in [-0.25, -0.2) is 14.1 Å².